The number of piperidine rings is 1. The van der Waals surface area contributed by atoms with Gasteiger partial charge in [0.15, 0.2) is 5.96 Å². The lowest BCUT2D eigenvalue weighted by Gasteiger charge is -2.38. The monoisotopic (exact) mass is 418 g/mol. The number of hydrogen-bond donors (Lipinski definition) is 2. The van der Waals surface area contributed by atoms with Gasteiger partial charge in [-0.05, 0) is 56.2 Å². The standard InChI is InChI=1S/C23H35FN4O2/c1-3-26-22(28-12-8-18(9-13-28)16-21(29)25-2)27-17-23(10-14-30-15-11-23)19-4-6-20(24)7-5-19/h4-7,18H,3,8-17H2,1-2H3,(H,25,29)(H,26,27). The number of benzene rings is 1. The predicted molar refractivity (Wildman–Crippen MR) is 117 cm³/mol. The summed E-state index contributed by atoms with van der Waals surface area (Å²) in [6.45, 7) is 6.76. The van der Waals surface area contributed by atoms with E-state index in [1.807, 2.05) is 12.1 Å². The second-order valence-electron chi connectivity index (χ2n) is 8.38. The van der Waals surface area contributed by atoms with Crippen LogP contribution >= 0.6 is 0 Å². The Bertz CT molecular complexity index is 708. The van der Waals surface area contributed by atoms with Crippen LogP contribution in [0.1, 0.15) is 44.6 Å². The van der Waals surface area contributed by atoms with E-state index in [-0.39, 0.29) is 17.1 Å². The SMILES string of the molecule is CCNC(=NCC1(c2ccc(F)cc2)CCOCC1)N1CCC(CC(=O)NC)CC1. The lowest BCUT2D eigenvalue weighted by Crippen LogP contribution is -2.47. The zero-order valence-electron chi connectivity index (χ0n) is 18.3. The molecule has 0 atom stereocenters. The van der Waals surface area contributed by atoms with Crippen LogP contribution in [0, 0.1) is 11.7 Å². The number of hydrogen-bond acceptors (Lipinski definition) is 3. The highest BCUT2D eigenvalue weighted by Gasteiger charge is 2.35. The van der Waals surface area contributed by atoms with Crippen LogP contribution in [0.4, 0.5) is 4.39 Å². The number of guanidine groups is 1. The first-order chi connectivity index (χ1) is 14.6. The Morgan fingerprint density at radius 2 is 1.90 bits per heavy atom. The average molecular weight is 419 g/mol. The van der Waals surface area contributed by atoms with Crippen molar-refractivity contribution in [3.05, 3.63) is 35.6 Å². The van der Waals surface area contributed by atoms with Gasteiger partial charge < -0.3 is 20.3 Å². The number of halogens is 1. The van der Waals surface area contributed by atoms with Gasteiger partial charge >= 0.3 is 0 Å². The van der Waals surface area contributed by atoms with Gasteiger partial charge in [0, 0.05) is 51.7 Å². The second kappa shape index (κ2) is 10.8. The Morgan fingerprint density at radius 1 is 1.23 bits per heavy atom. The Labute approximate surface area is 179 Å². The zero-order chi connectivity index (χ0) is 21.4. The summed E-state index contributed by atoms with van der Waals surface area (Å²) in [5.74, 6) is 1.28. The highest BCUT2D eigenvalue weighted by molar-refractivity contribution is 5.80. The van der Waals surface area contributed by atoms with E-state index in [0.29, 0.717) is 32.1 Å². The maximum absolute atomic E-state index is 13.5. The fourth-order valence-electron chi connectivity index (χ4n) is 4.47. The van der Waals surface area contributed by atoms with Gasteiger partial charge in [-0.2, -0.15) is 0 Å². The third-order valence-corrected chi connectivity index (χ3v) is 6.44. The first-order valence-corrected chi connectivity index (χ1v) is 11.1. The number of likely N-dealkylation sites (tertiary alicyclic amines) is 1. The molecule has 7 heteroatoms. The van der Waals surface area contributed by atoms with Gasteiger partial charge in [-0.15, -0.1) is 0 Å². The number of carbonyl (C=O) groups excluding carboxylic acids is 1. The van der Waals surface area contributed by atoms with E-state index in [0.717, 1.165) is 56.8 Å². The van der Waals surface area contributed by atoms with Crippen molar-refractivity contribution in [2.24, 2.45) is 10.9 Å². The number of nitrogens with zero attached hydrogens (tertiary/aromatic N) is 2. The van der Waals surface area contributed by atoms with Crippen LogP contribution in [0.15, 0.2) is 29.3 Å². The first-order valence-electron chi connectivity index (χ1n) is 11.1. The molecule has 0 radical (unpaired) electrons. The Kier molecular flexibility index (Phi) is 8.08. The van der Waals surface area contributed by atoms with Crippen molar-refractivity contribution >= 4 is 11.9 Å². The highest BCUT2D eigenvalue weighted by Crippen LogP contribution is 2.35. The molecule has 6 nitrogen and oxygen atoms in total. The molecule has 0 saturated carbocycles. The third-order valence-electron chi connectivity index (χ3n) is 6.44. The number of amides is 1. The van der Waals surface area contributed by atoms with Gasteiger partial charge in [0.1, 0.15) is 5.82 Å². The summed E-state index contributed by atoms with van der Waals surface area (Å²) < 4.78 is 19.1. The summed E-state index contributed by atoms with van der Waals surface area (Å²) in [5.41, 5.74) is 1.01. The minimum atomic E-state index is -0.211. The molecule has 166 valence electrons. The number of aliphatic imine (C=N–C) groups is 1. The molecular weight excluding hydrogens is 383 g/mol. The van der Waals surface area contributed by atoms with Crippen LogP contribution in [0.25, 0.3) is 0 Å². The van der Waals surface area contributed by atoms with Crippen molar-refractivity contribution in [2.45, 2.75) is 44.4 Å². The number of ether oxygens (including phenoxy) is 1. The predicted octanol–water partition coefficient (Wildman–Crippen LogP) is 2.69. The Hall–Kier alpha value is -2.15. The average Bonchev–Trinajstić information content (AvgIpc) is 2.78. The first kappa shape index (κ1) is 22.5. The fourth-order valence-corrected chi connectivity index (χ4v) is 4.47. The molecule has 2 N–H and O–H groups in total. The Balaban J connectivity index is 1.70. The molecule has 3 rings (SSSR count). The molecule has 1 amide bonds. The highest BCUT2D eigenvalue weighted by atomic mass is 19.1. The maximum Gasteiger partial charge on any atom is 0.220 e. The molecule has 2 heterocycles. The molecule has 2 saturated heterocycles. The van der Waals surface area contributed by atoms with Crippen LogP contribution in [0.2, 0.25) is 0 Å². The fraction of sp³-hybridized carbons (Fsp3) is 0.652. The van der Waals surface area contributed by atoms with Gasteiger partial charge in [0.05, 0.1) is 6.54 Å². The van der Waals surface area contributed by atoms with E-state index >= 15 is 0 Å². The van der Waals surface area contributed by atoms with E-state index in [4.69, 9.17) is 9.73 Å². The summed E-state index contributed by atoms with van der Waals surface area (Å²) in [6, 6.07) is 6.87. The summed E-state index contributed by atoms with van der Waals surface area (Å²) in [4.78, 5) is 19.0. The second-order valence-corrected chi connectivity index (χ2v) is 8.38. The van der Waals surface area contributed by atoms with Crippen LogP contribution in [-0.4, -0.2) is 63.2 Å². The molecular formula is C23H35FN4O2. The van der Waals surface area contributed by atoms with Gasteiger partial charge in [-0.25, -0.2) is 4.39 Å². The molecule has 2 fully saturated rings. The molecule has 2 aliphatic heterocycles. The van der Waals surface area contributed by atoms with Crippen LogP contribution in [-0.2, 0) is 14.9 Å². The molecule has 1 aromatic rings. The van der Waals surface area contributed by atoms with Gasteiger partial charge in [-0.3, -0.25) is 9.79 Å². The van der Waals surface area contributed by atoms with Gasteiger partial charge in [0.2, 0.25) is 5.91 Å². The Morgan fingerprint density at radius 3 is 2.50 bits per heavy atom. The van der Waals surface area contributed by atoms with Crippen molar-refractivity contribution in [3.8, 4) is 0 Å². The van der Waals surface area contributed by atoms with E-state index < -0.39 is 0 Å². The van der Waals surface area contributed by atoms with E-state index in [2.05, 4.69) is 22.5 Å². The van der Waals surface area contributed by atoms with E-state index in [9.17, 15) is 9.18 Å². The summed E-state index contributed by atoms with van der Waals surface area (Å²) >= 11 is 0. The lowest BCUT2D eigenvalue weighted by molar-refractivity contribution is -0.121. The van der Waals surface area contributed by atoms with Gasteiger partial charge in [-0.1, -0.05) is 12.1 Å². The topological polar surface area (TPSA) is 66.0 Å². The minimum absolute atomic E-state index is 0.120. The molecule has 30 heavy (non-hydrogen) atoms. The minimum Gasteiger partial charge on any atom is -0.381 e. The maximum atomic E-state index is 13.5. The van der Waals surface area contributed by atoms with E-state index in [1.54, 1.807) is 19.2 Å². The molecule has 0 bridgehead atoms. The van der Waals surface area contributed by atoms with E-state index in [1.165, 1.54) is 0 Å². The van der Waals surface area contributed by atoms with Crippen LogP contribution in [0.5, 0.6) is 0 Å². The lowest BCUT2D eigenvalue weighted by atomic mass is 9.74. The third kappa shape index (κ3) is 5.72. The number of carbonyl (C=O) groups is 1. The van der Waals surface area contributed by atoms with Crippen molar-refractivity contribution in [3.63, 3.8) is 0 Å². The van der Waals surface area contributed by atoms with Crippen LogP contribution in [0.3, 0.4) is 0 Å². The molecule has 0 aromatic heterocycles. The normalized spacial score (nSPS) is 20.1. The van der Waals surface area contributed by atoms with Crippen molar-refractivity contribution < 1.29 is 13.9 Å². The summed E-state index contributed by atoms with van der Waals surface area (Å²) in [5, 5.41) is 6.17. The molecule has 1 aromatic carbocycles. The molecule has 0 spiro atoms. The van der Waals surface area contributed by atoms with Crippen molar-refractivity contribution in [1.29, 1.82) is 0 Å². The molecule has 2 aliphatic rings. The quantitative estimate of drug-likeness (QED) is 0.551. The summed E-state index contributed by atoms with van der Waals surface area (Å²) in [7, 11) is 1.70. The molecule has 0 unspecified atom stereocenters. The summed E-state index contributed by atoms with van der Waals surface area (Å²) in [6.07, 6.45) is 4.36. The van der Waals surface area contributed by atoms with Crippen molar-refractivity contribution in [1.82, 2.24) is 15.5 Å². The number of nitrogens with one attached hydrogen (secondary N) is 2. The van der Waals surface area contributed by atoms with Crippen LogP contribution < -0.4 is 10.6 Å². The largest absolute Gasteiger partial charge is 0.381 e. The van der Waals surface area contributed by atoms with Gasteiger partial charge in [0.25, 0.3) is 0 Å². The smallest absolute Gasteiger partial charge is 0.220 e. The molecule has 0 aliphatic carbocycles. The van der Waals surface area contributed by atoms with Crippen molar-refractivity contribution in [2.75, 3.05) is 46.4 Å². The number of rotatable bonds is 6. The zero-order valence-corrected chi connectivity index (χ0v) is 18.3.